The molecule has 2 saturated carbocycles. The van der Waals surface area contributed by atoms with Gasteiger partial charge in [0.1, 0.15) is 17.4 Å². The van der Waals surface area contributed by atoms with E-state index in [2.05, 4.69) is 16.0 Å². The second-order valence-corrected chi connectivity index (χ2v) is 13.1. The summed E-state index contributed by atoms with van der Waals surface area (Å²) in [6, 6.07) is -1.54. The maximum Gasteiger partial charge on any atom is 0.315 e. The third-order valence-corrected chi connectivity index (χ3v) is 10.0. The van der Waals surface area contributed by atoms with Crippen LogP contribution in [0.25, 0.3) is 0 Å². The second kappa shape index (κ2) is 10.4. The predicted molar refractivity (Wildman–Crippen MR) is 129 cm³/mol. The van der Waals surface area contributed by atoms with E-state index in [0.717, 1.165) is 51.4 Å². The van der Waals surface area contributed by atoms with Crippen LogP contribution in [-0.2, 0) is 14.2 Å². The zero-order valence-corrected chi connectivity index (χ0v) is 21.0. The molecule has 9 nitrogen and oxygen atoms in total. The van der Waals surface area contributed by atoms with Crippen LogP contribution in [0.5, 0.6) is 0 Å². The quantitative estimate of drug-likeness (QED) is 0.354. The maximum absolute atomic E-state index is 13.5. The van der Waals surface area contributed by atoms with Crippen molar-refractivity contribution >= 4 is 25.2 Å². The number of carbonyl (C=O) groups is 3. The molecule has 190 valence electrons. The fourth-order valence-electron chi connectivity index (χ4n) is 5.79. The number of fused-ring (bicyclic) bond motifs is 2. The number of hydrogen-bond donors (Lipinski definition) is 4. The minimum atomic E-state index is -3.60. The first-order valence-corrected chi connectivity index (χ1v) is 15.0. The van der Waals surface area contributed by atoms with Crippen molar-refractivity contribution in [1.29, 1.82) is 0 Å². The van der Waals surface area contributed by atoms with Crippen LogP contribution in [0.1, 0.15) is 77.0 Å². The van der Waals surface area contributed by atoms with Gasteiger partial charge in [0.25, 0.3) is 0 Å². The van der Waals surface area contributed by atoms with Gasteiger partial charge in [0.15, 0.2) is 0 Å². The summed E-state index contributed by atoms with van der Waals surface area (Å²) >= 11 is 0. The van der Waals surface area contributed by atoms with Crippen molar-refractivity contribution < 1.29 is 23.8 Å². The van der Waals surface area contributed by atoms with E-state index in [1.54, 1.807) is 4.90 Å². The number of urea groups is 1. The first-order valence-electron chi connectivity index (χ1n) is 12.9. The van der Waals surface area contributed by atoms with E-state index in [0.29, 0.717) is 32.2 Å². The molecule has 4 amide bonds. The van der Waals surface area contributed by atoms with Crippen molar-refractivity contribution in [2.45, 2.75) is 100 Å². The van der Waals surface area contributed by atoms with Gasteiger partial charge >= 0.3 is 6.03 Å². The summed E-state index contributed by atoms with van der Waals surface area (Å²) in [5.41, 5.74) is 0. The van der Waals surface area contributed by atoms with Crippen molar-refractivity contribution in [1.82, 2.24) is 20.9 Å². The molecular weight excluding hydrogens is 455 g/mol. The van der Waals surface area contributed by atoms with E-state index in [1.165, 1.54) is 6.66 Å². The van der Waals surface area contributed by atoms with Crippen molar-refractivity contribution in [3.63, 3.8) is 0 Å². The summed E-state index contributed by atoms with van der Waals surface area (Å²) in [6.45, 7) is 1.74. The van der Waals surface area contributed by atoms with E-state index in [9.17, 15) is 23.8 Å². The lowest BCUT2D eigenvalue weighted by molar-refractivity contribution is -0.140. The molecule has 4 rings (SSSR count). The Kier molecular flexibility index (Phi) is 7.72. The van der Waals surface area contributed by atoms with Gasteiger partial charge in [-0.25, -0.2) is 4.79 Å². The molecular formula is C24H39N4O5P. The Morgan fingerprint density at radius 3 is 2.56 bits per heavy atom. The largest absolute Gasteiger partial charge is 0.343 e. The Bertz CT molecular complexity index is 867. The van der Waals surface area contributed by atoms with Crippen molar-refractivity contribution in [3.05, 3.63) is 12.2 Å². The average Bonchev–Trinajstić information content (AvgIpc) is 3.13. The Balaban J connectivity index is 1.50. The van der Waals surface area contributed by atoms with Crippen LogP contribution in [-0.4, -0.2) is 64.3 Å². The Morgan fingerprint density at radius 1 is 1.09 bits per heavy atom. The van der Waals surface area contributed by atoms with Gasteiger partial charge in [-0.1, -0.05) is 37.8 Å². The first-order chi connectivity index (χ1) is 16.2. The van der Waals surface area contributed by atoms with E-state index < -0.39 is 24.7 Å². The van der Waals surface area contributed by atoms with Crippen LogP contribution in [0, 0.1) is 5.92 Å². The molecule has 2 heterocycles. The maximum atomic E-state index is 13.5. The van der Waals surface area contributed by atoms with Gasteiger partial charge in [0, 0.05) is 25.2 Å². The summed E-state index contributed by atoms with van der Waals surface area (Å²) in [4.78, 5) is 51.5. The molecule has 0 radical (unpaired) electrons. The summed E-state index contributed by atoms with van der Waals surface area (Å²) in [6.07, 6.45) is 13.8. The van der Waals surface area contributed by atoms with Gasteiger partial charge < -0.3 is 25.7 Å². The van der Waals surface area contributed by atoms with Crippen LogP contribution >= 0.6 is 7.37 Å². The highest BCUT2D eigenvalue weighted by Crippen LogP contribution is 2.67. The number of nitrogens with zero attached hydrogens (tertiary/aromatic N) is 1. The molecule has 3 fully saturated rings. The van der Waals surface area contributed by atoms with Crippen LogP contribution < -0.4 is 16.0 Å². The number of allylic oxidation sites excluding steroid dienone is 1. The zero-order chi connectivity index (χ0) is 24.3. The lowest BCUT2D eigenvalue weighted by atomic mass is 10.0. The van der Waals surface area contributed by atoms with E-state index in [4.69, 9.17) is 0 Å². The van der Waals surface area contributed by atoms with E-state index in [1.807, 2.05) is 12.2 Å². The zero-order valence-electron chi connectivity index (χ0n) is 20.1. The summed E-state index contributed by atoms with van der Waals surface area (Å²) in [5.74, 6) is -0.777. The number of carbonyl (C=O) groups excluding carboxylic acids is 3. The third-order valence-electron chi connectivity index (χ3n) is 7.93. The van der Waals surface area contributed by atoms with Crippen LogP contribution in [0.4, 0.5) is 4.79 Å². The van der Waals surface area contributed by atoms with Crippen molar-refractivity contribution in [3.8, 4) is 0 Å². The monoisotopic (exact) mass is 494 g/mol. The molecule has 4 aliphatic rings. The second-order valence-electron chi connectivity index (χ2n) is 10.5. The molecule has 1 unspecified atom stereocenters. The molecule has 2 aliphatic heterocycles. The molecule has 0 aromatic carbocycles. The predicted octanol–water partition coefficient (Wildman–Crippen LogP) is 2.84. The number of nitrogens with one attached hydrogen (secondary N) is 3. The van der Waals surface area contributed by atoms with Gasteiger partial charge in [-0.3, -0.25) is 14.2 Å². The van der Waals surface area contributed by atoms with Gasteiger partial charge in [-0.15, -0.1) is 0 Å². The topological polar surface area (TPSA) is 128 Å². The lowest BCUT2D eigenvalue weighted by Gasteiger charge is -2.31. The molecule has 2 aliphatic carbocycles. The van der Waals surface area contributed by atoms with Gasteiger partial charge in [-0.05, 0) is 51.4 Å². The Hall–Kier alpha value is -1.86. The minimum absolute atomic E-state index is 0.153. The molecule has 1 saturated heterocycles. The highest BCUT2D eigenvalue weighted by Gasteiger charge is 2.64. The molecule has 0 spiro atoms. The van der Waals surface area contributed by atoms with Crippen LogP contribution in [0.15, 0.2) is 12.2 Å². The molecule has 0 aromatic rings. The average molecular weight is 495 g/mol. The molecule has 10 heteroatoms. The molecule has 5 atom stereocenters. The smallest absolute Gasteiger partial charge is 0.315 e. The summed E-state index contributed by atoms with van der Waals surface area (Å²) < 4.78 is 12.7. The molecule has 34 heavy (non-hydrogen) atoms. The normalized spacial score (nSPS) is 35.7. The van der Waals surface area contributed by atoms with Crippen molar-refractivity contribution in [2.24, 2.45) is 5.92 Å². The van der Waals surface area contributed by atoms with Gasteiger partial charge in [0.2, 0.25) is 19.2 Å². The Morgan fingerprint density at radius 2 is 1.82 bits per heavy atom. The highest BCUT2D eigenvalue weighted by atomic mass is 31.2. The molecule has 0 bridgehead atoms. The van der Waals surface area contributed by atoms with Gasteiger partial charge in [-0.2, -0.15) is 0 Å². The SMILES string of the molecule is CP(=O)(O)[C@@]12C[C@H]1/C=C\CCCCC[C@H](NC(=O)NC1CCCC1)C(=O)N1CCC[C@H]1C(=O)N2. The fraction of sp³-hybridized carbons (Fsp3) is 0.792. The molecule has 4 N–H and O–H groups in total. The van der Waals surface area contributed by atoms with E-state index >= 15 is 0 Å². The van der Waals surface area contributed by atoms with Crippen LogP contribution in [0.3, 0.4) is 0 Å². The fourth-order valence-corrected chi connectivity index (χ4v) is 7.34. The highest BCUT2D eigenvalue weighted by molar-refractivity contribution is 7.59. The van der Waals surface area contributed by atoms with Crippen LogP contribution in [0.2, 0.25) is 0 Å². The minimum Gasteiger partial charge on any atom is -0.343 e. The first kappa shape index (κ1) is 25.2. The van der Waals surface area contributed by atoms with Crippen molar-refractivity contribution in [2.75, 3.05) is 13.2 Å². The third kappa shape index (κ3) is 5.51. The number of hydrogen-bond acceptors (Lipinski definition) is 4. The standard InChI is InChI=1S/C24H39N4O5P/c1-34(32,33)24-16-17(24)10-5-3-2-4-6-13-19(26-23(31)25-18-11-7-8-12-18)22(30)28-15-9-14-20(28)21(29)27-24/h5,10,17-20H,2-4,6-9,11-16H2,1H3,(H,27,29)(H,32,33)(H2,25,26,31)/b10-5-/t17-,19+,20+,24+/m1/s1. The van der Waals surface area contributed by atoms with E-state index in [-0.39, 0.29) is 29.8 Å². The summed E-state index contributed by atoms with van der Waals surface area (Å²) in [7, 11) is -3.60. The summed E-state index contributed by atoms with van der Waals surface area (Å²) in [5, 5.41) is 7.62. The molecule has 0 aromatic heterocycles. The number of rotatable bonds is 3. The van der Waals surface area contributed by atoms with Gasteiger partial charge in [0.05, 0.1) is 0 Å². The number of amides is 4. The Labute approximate surface area is 201 Å². The lowest BCUT2D eigenvalue weighted by Crippen LogP contribution is -2.56.